The topological polar surface area (TPSA) is 105 Å². The van der Waals surface area contributed by atoms with Crippen LogP contribution in [-0.4, -0.2) is 56.7 Å². The van der Waals surface area contributed by atoms with Crippen LogP contribution in [0.5, 0.6) is 0 Å². The molecule has 0 unspecified atom stereocenters. The third-order valence-electron chi connectivity index (χ3n) is 19.2. The van der Waals surface area contributed by atoms with Crippen molar-refractivity contribution in [3.8, 4) is 74.0 Å². The summed E-state index contributed by atoms with van der Waals surface area (Å²) in [5, 5.41) is 2.66. The molecular formula is C89H72N10Si. The van der Waals surface area contributed by atoms with Gasteiger partial charge in [-0.25, -0.2) is 24.9 Å². The van der Waals surface area contributed by atoms with Gasteiger partial charge < -0.3 is 0 Å². The van der Waals surface area contributed by atoms with E-state index in [1.165, 1.54) is 66.0 Å². The third-order valence-corrected chi connectivity index (χ3v) is 22.7. The molecule has 0 N–H and O–H groups in total. The third kappa shape index (κ3) is 11.4. The zero-order valence-corrected chi connectivity index (χ0v) is 58.2. The van der Waals surface area contributed by atoms with E-state index in [9.17, 15) is 0 Å². The maximum absolute atomic E-state index is 5.41. The number of hydrogen-bond donors (Lipinski definition) is 0. The van der Waals surface area contributed by atoms with Crippen molar-refractivity contribution < 1.29 is 0 Å². The van der Waals surface area contributed by atoms with Gasteiger partial charge in [-0.05, 0) is 236 Å². The molecule has 482 valence electrons. The largest absolute Gasteiger partial charge is 0.292 e. The van der Waals surface area contributed by atoms with Crippen molar-refractivity contribution in [3.63, 3.8) is 0 Å². The van der Waals surface area contributed by atoms with Gasteiger partial charge in [0.2, 0.25) is 0 Å². The molecule has 9 aromatic carbocycles. The summed E-state index contributed by atoms with van der Waals surface area (Å²) in [7, 11) is -2.55. The van der Waals surface area contributed by atoms with Gasteiger partial charge in [0, 0.05) is 46.1 Å². The molecule has 0 fully saturated rings. The number of rotatable bonds is 12. The Morgan fingerprint density at radius 2 is 0.560 bits per heavy atom. The van der Waals surface area contributed by atoms with Crippen LogP contribution >= 0.6 is 0 Å². The lowest BCUT2D eigenvalue weighted by atomic mass is 9.82. The molecule has 8 heterocycles. The number of fused-ring (bicyclic) bond motifs is 3. The summed E-state index contributed by atoms with van der Waals surface area (Å²) in [6, 6.07) is 97.1. The number of imidazole rings is 3. The van der Waals surface area contributed by atoms with Crippen molar-refractivity contribution in [2.45, 2.75) is 54.6 Å². The van der Waals surface area contributed by atoms with Crippen LogP contribution < -0.4 is 0 Å². The first-order chi connectivity index (χ1) is 48.8. The fraction of sp³-hybridized carbons (Fsp3) is 0.0899. The molecule has 0 atom stereocenters. The summed E-state index contributed by atoms with van der Waals surface area (Å²) in [6.07, 6.45) is 3.67. The fourth-order valence-electron chi connectivity index (χ4n) is 15.2. The van der Waals surface area contributed by atoms with Gasteiger partial charge in [0.1, 0.15) is 25.5 Å². The zero-order valence-electron chi connectivity index (χ0n) is 57.2. The number of hydrogen-bond acceptors (Lipinski definition) is 7. The standard InChI is InChI=1S/C45H30N6.C44H42N4Si/c1-4-16-34(17-5-1)49-40-25-13-10-22-37(40)46-43(49)31-28-32(44-47-38-23-11-14-26-41(38)50(44)35-18-6-2-7-19-35)30-33(29-31)45-48-39-24-12-15-27-42(39)51(45)36-20-8-3-9-21-36;1-27-23-29(3)39(30(4)24-27)41-42(40-31(5)25-28(2)26-32(40)6)44(38-20-14-18-36(48-38)34-16-10-12-22-46-34)49(7,8)43(41)37-19-13-17-35(47-37)33-15-9-11-21-45-33/h1-30H;9-26H,1-8H3. The number of nitrogens with zero attached hydrogens (tertiary/aromatic N) is 10. The Balaban J connectivity index is 0.000000156. The Morgan fingerprint density at radius 1 is 0.270 bits per heavy atom. The molecular weight excluding hydrogens is 1240 g/mol. The van der Waals surface area contributed by atoms with E-state index in [-0.39, 0.29) is 0 Å². The van der Waals surface area contributed by atoms with Crippen LogP contribution in [0.2, 0.25) is 13.1 Å². The molecule has 11 heteroatoms. The molecule has 0 bridgehead atoms. The van der Waals surface area contributed by atoms with Crippen LogP contribution in [0, 0.1) is 41.5 Å². The van der Waals surface area contributed by atoms with Crippen LogP contribution in [0.25, 0.3) is 129 Å². The minimum absolute atomic E-state index is 0.843. The maximum Gasteiger partial charge on any atom is 0.145 e. The Hall–Kier alpha value is -12.3. The van der Waals surface area contributed by atoms with Gasteiger partial charge in [-0.3, -0.25) is 23.7 Å². The van der Waals surface area contributed by atoms with E-state index in [1.54, 1.807) is 0 Å². The van der Waals surface area contributed by atoms with Gasteiger partial charge in [-0.1, -0.05) is 164 Å². The SMILES string of the molecule is Cc1cc(C)c(C2=C(c3cccc(-c4ccccn4)n3)[Si](C)(C)C(c3cccc(-c4ccccn4)n3)=C2c2c(C)cc(C)cc2C)c(C)c1.c1ccc(-n2c(-c3cc(-c4nc5ccccc5n4-c4ccccc4)cc(-c4nc5ccccc5n4-c4ccccc4)c3)nc3ccccc32)cc1. The number of aromatic nitrogens is 10. The van der Waals surface area contributed by atoms with Crippen molar-refractivity contribution in [2.24, 2.45) is 0 Å². The van der Waals surface area contributed by atoms with Crippen LogP contribution in [-0.2, 0) is 0 Å². The molecule has 7 aromatic heterocycles. The molecule has 10 nitrogen and oxygen atoms in total. The molecule has 0 aliphatic carbocycles. The van der Waals surface area contributed by atoms with Crippen LogP contribution in [0.15, 0.2) is 291 Å². The van der Waals surface area contributed by atoms with Crippen molar-refractivity contribution in [1.82, 2.24) is 48.6 Å². The Bertz CT molecular complexity index is 5330. The smallest absolute Gasteiger partial charge is 0.145 e. The van der Waals surface area contributed by atoms with Crippen molar-refractivity contribution >= 4 is 62.7 Å². The summed E-state index contributed by atoms with van der Waals surface area (Å²) < 4.78 is 6.75. The molecule has 0 radical (unpaired) electrons. The first-order valence-corrected chi connectivity index (χ1v) is 37.0. The summed E-state index contributed by atoms with van der Waals surface area (Å²) in [5.74, 6) is 2.53. The molecule has 17 rings (SSSR count). The van der Waals surface area contributed by atoms with Gasteiger partial charge in [-0.15, -0.1) is 0 Å². The predicted molar refractivity (Wildman–Crippen MR) is 414 cm³/mol. The minimum Gasteiger partial charge on any atom is -0.292 e. The monoisotopic (exact) mass is 1310 g/mol. The molecule has 16 aromatic rings. The summed E-state index contributed by atoms with van der Waals surface area (Å²) in [4.78, 5) is 36.0. The highest BCUT2D eigenvalue weighted by molar-refractivity contribution is 7.13. The number of allylic oxidation sites excluding steroid dienone is 2. The average Bonchev–Trinajstić information content (AvgIpc) is 1.54. The number of para-hydroxylation sites is 9. The van der Waals surface area contributed by atoms with E-state index >= 15 is 0 Å². The Morgan fingerprint density at radius 3 is 0.880 bits per heavy atom. The van der Waals surface area contributed by atoms with E-state index < -0.39 is 8.07 Å². The van der Waals surface area contributed by atoms with E-state index in [2.05, 4.69) is 285 Å². The minimum atomic E-state index is -2.55. The molecule has 0 spiro atoms. The highest BCUT2D eigenvalue weighted by Gasteiger charge is 2.46. The van der Waals surface area contributed by atoms with Crippen LogP contribution in [0.1, 0.15) is 55.9 Å². The van der Waals surface area contributed by atoms with Gasteiger partial charge in [0.25, 0.3) is 0 Å². The molecule has 100 heavy (non-hydrogen) atoms. The second-order valence-corrected chi connectivity index (χ2v) is 30.8. The molecule has 0 saturated heterocycles. The van der Waals surface area contributed by atoms with Crippen molar-refractivity contribution in [3.05, 3.63) is 347 Å². The van der Waals surface area contributed by atoms with Gasteiger partial charge in [0.15, 0.2) is 0 Å². The quantitative estimate of drug-likeness (QED) is 0.112. The molecule has 1 aliphatic rings. The summed E-state index contributed by atoms with van der Waals surface area (Å²) >= 11 is 0. The van der Waals surface area contributed by atoms with Gasteiger partial charge >= 0.3 is 0 Å². The lowest BCUT2D eigenvalue weighted by Gasteiger charge is -2.26. The van der Waals surface area contributed by atoms with Gasteiger partial charge in [0.05, 0.1) is 67.3 Å². The van der Waals surface area contributed by atoms with E-state index in [4.69, 9.17) is 24.9 Å². The van der Waals surface area contributed by atoms with Crippen molar-refractivity contribution in [2.75, 3.05) is 0 Å². The fourth-order valence-corrected chi connectivity index (χ4v) is 18.8. The maximum atomic E-state index is 5.41. The molecule has 0 amide bonds. The lowest BCUT2D eigenvalue weighted by Crippen LogP contribution is -2.29. The van der Waals surface area contributed by atoms with E-state index in [1.807, 2.05) is 85.2 Å². The Kier molecular flexibility index (Phi) is 16.2. The van der Waals surface area contributed by atoms with Crippen LogP contribution in [0.4, 0.5) is 0 Å². The lowest BCUT2D eigenvalue weighted by molar-refractivity contribution is 1.09. The predicted octanol–water partition coefficient (Wildman–Crippen LogP) is 21.5. The van der Waals surface area contributed by atoms with Gasteiger partial charge in [-0.2, -0.15) is 0 Å². The molecule has 1 aliphatic heterocycles. The normalized spacial score (nSPS) is 12.8. The summed E-state index contributed by atoms with van der Waals surface area (Å²) in [6.45, 7) is 18.4. The second-order valence-electron chi connectivity index (χ2n) is 26.5. The zero-order chi connectivity index (χ0) is 68.2. The van der Waals surface area contributed by atoms with E-state index in [0.717, 1.165) is 118 Å². The highest BCUT2D eigenvalue weighted by Crippen LogP contribution is 2.57. The first kappa shape index (κ1) is 62.5. The Labute approximate surface area is 583 Å². The molecule has 0 saturated carbocycles. The number of benzene rings is 9. The summed E-state index contributed by atoms with van der Waals surface area (Å²) in [5.41, 5.74) is 30.2. The highest BCUT2D eigenvalue weighted by atomic mass is 28.3. The van der Waals surface area contributed by atoms with E-state index in [0.29, 0.717) is 0 Å². The second kappa shape index (κ2) is 25.9. The number of pyridine rings is 4. The van der Waals surface area contributed by atoms with Crippen molar-refractivity contribution in [1.29, 1.82) is 0 Å². The average molecular weight is 1310 g/mol. The first-order valence-electron chi connectivity index (χ1n) is 34.0. The van der Waals surface area contributed by atoms with Crippen LogP contribution in [0.3, 0.4) is 0 Å². The number of aryl methyl sites for hydroxylation is 6.